The molecule has 2 aromatic heterocycles. The number of imidazole rings is 1. The molecule has 0 atom stereocenters. The molecule has 5 nitrogen and oxygen atoms in total. The van der Waals surface area contributed by atoms with Gasteiger partial charge in [-0.2, -0.15) is 0 Å². The number of aromatic nitrogens is 2. The first-order chi connectivity index (χ1) is 11.3. The van der Waals surface area contributed by atoms with Gasteiger partial charge >= 0.3 is 0 Å². The van der Waals surface area contributed by atoms with Crippen molar-refractivity contribution < 1.29 is 9.47 Å². The second-order valence-corrected chi connectivity index (χ2v) is 5.82. The van der Waals surface area contributed by atoms with Crippen LogP contribution in [0.5, 0.6) is 11.5 Å². The van der Waals surface area contributed by atoms with E-state index in [0.717, 1.165) is 34.1 Å². The molecule has 0 fully saturated rings. The summed E-state index contributed by atoms with van der Waals surface area (Å²) in [6.45, 7) is 1.68. The Morgan fingerprint density at radius 3 is 2.78 bits per heavy atom. The summed E-state index contributed by atoms with van der Waals surface area (Å²) < 4.78 is 13.3. The lowest BCUT2D eigenvalue weighted by atomic mass is 10.1. The molecule has 0 aliphatic carbocycles. The van der Waals surface area contributed by atoms with Gasteiger partial charge in [-0.1, -0.05) is 11.6 Å². The molecule has 3 aromatic rings. The molecule has 0 saturated heterocycles. The molecule has 0 bridgehead atoms. The van der Waals surface area contributed by atoms with E-state index in [1.807, 2.05) is 40.9 Å². The molecule has 1 aliphatic rings. The van der Waals surface area contributed by atoms with Gasteiger partial charge in [0.15, 0.2) is 11.5 Å². The molecule has 1 aromatic carbocycles. The van der Waals surface area contributed by atoms with Crippen LogP contribution >= 0.6 is 11.6 Å². The van der Waals surface area contributed by atoms with Crippen LogP contribution in [0.4, 0.5) is 0 Å². The smallest absolute Gasteiger partial charge is 0.162 e. The molecule has 2 N–H and O–H groups in total. The Kier molecular flexibility index (Phi) is 3.59. The summed E-state index contributed by atoms with van der Waals surface area (Å²) >= 11 is 6.12. The lowest BCUT2D eigenvalue weighted by Gasteiger charge is -2.18. The highest BCUT2D eigenvalue weighted by atomic mass is 35.5. The predicted octanol–water partition coefficient (Wildman–Crippen LogP) is 2.93. The van der Waals surface area contributed by atoms with E-state index in [1.165, 1.54) is 0 Å². The second kappa shape index (κ2) is 5.76. The summed E-state index contributed by atoms with van der Waals surface area (Å²) in [5, 5.41) is 0.668. The first-order valence-electron chi connectivity index (χ1n) is 7.53. The van der Waals surface area contributed by atoms with E-state index in [-0.39, 0.29) is 0 Å². The highest BCUT2D eigenvalue weighted by molar-refractivity contribution is 6.30. The van der Waals surface area contributed by atoms with Crippen molar-refractivity contribution in [1.82, 2.24) is 9.38 Å². The molecule has 0 radical (unpaired) electrons. The number of benzene rings is 1. The van der Waals surface area contributed by atoms with Crippen molar-refractivity contribution in [1.29, 1.82) is 0 Å². The maximum absolute atomic E-state index is 6.12. The minimum atomic E-state index is 0.540. The Bertz CT molecular complexity index is 876. The van der Waals surface area contributed by atoms with Crippen LogP contribution in [0.2, 0.25) is 5.02 Å². The number of fused-ring (bicyclic) bond motifs is 2. The maximum Gasteiger partial charge on any atom is 0.162 e. The SMILES string of the molecule is NCCc1c(-c2ccc3c(c2)OCCO3)nc2ccc(Cl)cn12. The molecule has 23 heavy (non-hydrogen) atoms. The van der Waals surface area contributed by atoms with Gasteiger partial charge in [-0.3, -0.25) is 0 Å². The van der Waals surface area contributed by atoms with Crippen LogP contribution in [0.3, 0.4) is 0 Å². The van der Waals surface area contributed by atoms with Crippen LogP contribution in [-0.2, 0) is 6.42 Å². The van der Waals surface area contributed by atoms with E-state index >= 15 is 0 Å². The zero-order valence-corrected chi connectivity index (χ0v) is 13.2. The molecule has 1 aliphatic heterocycles. The number of hydrogen-bond donors (Lipinski definition) is 1. The number of nitrogens with two attached hydrogens (primary N) is 1. The van der Waals surface area contributed by atoms with Gasteiger partial charge in [-0.25, -0.2) is 4.98 Å². The van der Waals surface area contributed by atoms with Gasteiger partial charge in [-0.15, -0.1) is 0 Å². The Hall–Kier alpha value is -2.24. The van der Waals surface area contributed by atoms with E-state index in [0.29, 0.717) is 31.2 Å². The molecular weight excluding hydrogens is 314 g/mol. The number of hydrogen-bond acceptors (Lipinski definition) is 4. The molecule has 118 valence electrons. The normalized spacial score (nSPS) is 13.5. The summed E-state index contributed by atoms with van der Waals surface area (Å²) in [6.07, 6.45) is 2.59. The van der Waals surface area contributed by atoms with Crippen LogP contribution in [0, 0.1) is 0 Å². The van der Waals surface area contributed by atoms with Gasteiger partial charge in [0, 0.05) is 18.2 Å². The largest absolute Gasteiger partial charge is 0.486 e. The van der Waals surface area contributed by atoms with E-state index in [4.69, 9.17) is 31.8 Å². The van der Waals surface area contributed by atoms with E-state index in [9.17, 15) is 0 Å². The monoisotopic (exact) mass is 329 g/mol. The van der Waals surface area contributed by atoms with Gasteiger partial charge in [0.1, 0.15) is 18.9 Å². The van der Waals surface area contributed by atoms with Gasteiger partial charge < -0.3 is 19.6 Å². The lowest BCUT2D eigenvalue weighted by molar-refractivity contribution is 0.171. The van der Waals surface area contributed by atoms with Gasteiger partial charge in [-0.05, 0) is 36.9 Å². The average Bonchev–Trinajstić information content (AvgIpc) is 2.93. The number of rotatable bonds is 3. The highest BCUT2D eigenvalue weighted by Crippen LogP contribution is 2.35. The quantitative estimate of drug-likeness (QED) is 0.802. The van der Waals surface area contributed by atoms with Crippen molar-refractivity contribution in [2.24, 2.45) is 5.73 Å². The molecule has 0 spiro atoms. The first kappa shape index (κ1) is 14.4. The highest BCUT2D eigenvalue weighted by Gasteiger charge is 2.17. The summed E-state index contributed by atoms with van der Waals surface area (Å²) in [4.78, 5) is 4.74. The molecule has 4 rings (SSSR count). The molecule has 3 heterocycles. The third-order valence-electron chi connectivity index (χ3n) is 3.88. The molecule has 0 saturated carbocycles. The minimum Gasteiger partial charge on any atom is -0.486 e. The molecule has 0 amide bonds. The fourth-order valence-corrected chi connectivity index (χ4v) is 3.03. The first-order valence-corrected chi connectivity index (χ1v) is 7.90. The zero-order chi connectivity index (χ0) is 15.8. The lowest BCUT2D eigenvalue weighted by Crippen LogP contribution is -2.15. The van der Waals surface area contributed by atoms with Crippen LogP contribution in [0.1, 0.15) is 5.69 Å². The molecule has 0 unspecified atom stereocenters. The van der Waals surface area contributed by atoms with Crippen molar-refractivity contribution in [3.8, 4) is 22.8 Å². The number of nitrogens with zero attached hydrogens (tertiary/aromatic N) is 2. The Labute approximate surface area is 138 Å². The van der Waals surface area contributed by atoms with Crippen molar-refractivity contribution >= 4 is 17.2 Å². The van der Waals surface area contributed by atoms with Crippen molar-refractivity contribution in [3.05, 3.63) is 47.2 Å². The van der Waals surface area contributed by atoms with Gasteiger partial charge in [0.05, 0.1) is 16.4 Å². The fraction of sp³-hybridized carbons (Fsp3) is 0.235. The van der Waals surface area contributed by atoms with Crippen molar-refractivity contribution in [2.75, 3.05) is 19.8 Å². The molecular formula is C17H16ClN3O2. The van der Waals surface area contributed by atoms with E-state index in [1.54, 1.807) is 0 Å². The minimum absolute atomic E-state index is 0.540. The predicted molar refractivity (Wildman–Crippen MR) is 89.4 cm³/mol. The maximum atomic E-state index is 6.12. The topological polar surface area (TPSA) is 61.8 Å². The average molecular weight is 330 g/mol. The van der Waals surface area contributed by atoms with Crippen molar-refractivity contribution in [2.45, 2.75) is 6.42 Å². The Morgan fingerprint density at radius 2 is 1.96 bits per heavy atom. The van der Waals surface area contributed by atoms with E-state index in [2.05, 4.69) is 0 Å². The van der Waals surface area contributed by atoms with Crippen LogP contribution in [0.15, 0.2) is 36.5 Å². The van der Waals surface area contributed by atoms with Crippen LogP contribution < -0.4 is 15.2 Å². The summed E-state index contributed by atoms with van der Waals surface area (Å²) in [7, 11) is 0. The third kappa shape index (κ3) is 2.52. The number of halogens is 1. The number of ether oxygens (including phenoxy) is 2. The summed E-state index contributed by atoms with van der Waals surface area (Å²) in [6, 6.07) is 9.63. The zero-order valence-electron chi connectivity index (χ0n) is 12.5. The van der Waals surface area contributed by atoms with Crippen LogP contribution in [0.25, 0.3) is 16.9 Å². The third-order valence-corrected chi connectivity index (χ3v) is 4.10. The van der Waals surface area contributed by atoms with E-state index < -0.39 is 0 Å². The van der Waals surface area contributed by atoms with Crippen LogP contribution in [-0.4, -0.2) is 29.1 Å². The Morgan fingerprint density at radius 1 is 1.13 bits per heavy atom. The summed E-state index contributed by atoms with van der Waals surface area (Å²) in [5.74, 6) is 1.52. The standard InChI is InChI=1S/C17H16ClN3O2/c18-12-2-4-16-20-17(13(5-6-19)21(16)10-12)11-1-3-14-15(9-11)23-8-7-22-14/h1-4,9-10H,5-8,19H2. The Balaban J connectivity index is 1.89. The molecule has 6 heteroatoms. The van der Waals surface area contributed by atoms with Gasteiger partial charge in [0.25, 0.3) is 0 Å². The summed E-state index contributed by atoms with van der Waals surface area (Å²) in [5.41, 5.74) is 9.56. The fourth-order valence-electron chi connectivity index (χ4n) is 2.86. The number of pyridine rings is 1. The van der Waals surface area contributed by atoms with Gasteiger partial charge in [0.2, 0.25) is 0 Å². The second-order valence-electron chi connectivity index (χ2n) is 5.38. The van der Waals surface area contributed by atoms with Crippen molar-refractivity contribution in [3.63, 3.8) is 0 Å².